The van der Waals surface area contributed by atoms with E-state index in [1.165, 1.54) is 23.4 Å². The summed E-state index contributed by atoms with van der Waals surface area (Å²) in [6.07, 6.45) is 0.943. The third kappa shape index (κ3) is 1.79. The Balaban J connectivity index is 1.73. The molecule has 1 aliphatic rings. The van der Waals surface area contributed by atoms with Crippen LogP contribution in [0.2, 0.25) is 0 Å². The second-order valence-electron chi connectivity index (χ2n) is 4.72. The molecule has 2 nitrogen and oxygen atoms in total. The third-order valence-corrected chi connectivity index (χ3v) is 4.59. The molecule has 94 valence electrons. The van der Waals surface area contributed by atoms with Gasteiger partial charge in [0.2, 0.25) is 0 Å². The summed E-state index contributed by atoms with van der Waals surface area (Å²) in [6, 6.07) is 13.3. The van der Waals surface area contributed by atoms with Crippen molar-refractivity contribution in [3.63, 3.8) is 0 Å². The molecule has 2 heterocycles. The summed E-state index contributed by atoms with van der Waals surface area (Å²) in [4.78, 5) is 4.55. The average molecular weight is 270 g/mol. The van der Waals surface area contributed by atoms with Gasteiger partial charge in [0, 0.05) is 18.2 Å². The van der Waals surface area contributed by atoms with E-state index in [4.69, 9.17) is 0 Å². The molecule has 0 bridgehead atoms. The summed E-state index contributed by atoms with van der Waals surface area (Å²) >= 11 is 1.63. The Hall–Kier alpha value is -1.94. The molecular formula is C15H11FN2S. The number of nitrogens with zero attached hydrogens (tertiary/aromatic N) is 1. The minimum Gasteiger partial charge on any atom is -0.375 e. The average Bonchev–Trinajstić information content (AvgIpc) is 3.00. The van der Waals surface area contributed by atoms with Crippen LogP contribution in [0.5, 0.6) is 0 Å². The zero-order valence-corrected chi connectivity index (χ0v) is 10.9. The van der Waals surface area contributed by atoms with Crippen LogP contribution in [0.25, 0.3) is 10.2 Å². The highest BCUT2D eigenvalue weighted by atomic mass is 32.1. The van der Waals surface area contributed by atoms with Crippen molar-refractivity contribution < 1.29 is 4.39 Å². The number of nitrogens with one attached hydrogen (secondary N) is 1. The summed E-state index contributed by atoms with van der Waals surface area (Å²) in [5, 5.41) is 4.51. The Morgan fingerprint density at radius 1 is 1.21 bits per heavy atom. The number of benzene rings is 2. The molecule has 1 unspecified atom stereocenters. The predicted molar refractivity (Wildman–Crippen MR) is 76.1 cm³/mol. The maximum Gasteiger partial charge on any atom is 0.125 e. The highest BCUT2D eigenvalue weighted by Crippen LogP contribution is 2.37. The number of halogens is 1. The van der Waals surface area contributed by atoms with Gasteiger partial charge in [0.25, 0.3) is 0 Å². The van der Waals surface area contributed by atoms with Gasteiger partial charge in [-0.15, -0.1) is 11.3 Å². The molecular weight excluding hydrogens is 259 g/mol. The normalized spacial score (nSPS) is 17.4. The minimum atomic E-state index is -0.230. The van der Waals surface area contributed by atoms with E-state index in [1.807, 2.05) is 6.07 Å². The van der Waals surface area contributed by atoms with Crippen molar-refractivity contribution in [3.05, 3.63) is 58.9 Å². The second-order valence-corrected chi connectivity index (χ2v) is 5.78. The number of hydrogen-bond acceptors (Lipinski definition) is 3. The van der Waals surface area contributed by atoms with Crippen molar-refractivity contribution in [2.75, 3.05) is 5.32 Å². The van der Waals surface area contributed by atoms with Gasteiger partial charge in [-0.25, -0.2) is 9.37 Å². The molecule has 1 aliphatic heterocycles. The molecule has 1 N–H and O–H groups in total. The third-order valence-electron chi connectivity index (χ3n) is 3.44. The lowest BCUT2D eigenvalue weighted by molar-refractivity contribution is 0.629. The molecule has 0 saturated carbocycles. The summed E-state index contributed by atoms with van der Waals surface area (Å²) in [5.74, 6) is -0.230. The number of aromatic nitrogens is 1. The molecule has 0 spiro atoms. The van der Waals surface area contributed by atoms with E-state index >= 15 is 0 Å². The van der Waals surface area contributed by atoms with E-state index in [0.29, 0.717) is 0 Å². The number of rotatable bonds is 1. The fraction of sp³-hybridized carbons (Fsp3) is 0.133. The number of anilines is 1. The molecule has 1 atom stereocenters. The lowest BCUT2D eigenvalue weighted by Gasteiger charge is -2.06. The van der Waals surface area contributed by atoms with Gasteiger partial charge in [-0.1, -0.05) is 18.2 Å². The van der Waals surface area contributed by atoms with Crippen molar-refractivity contribution >= 4 is 27.2 Å². The van der Waals surface area contributed by atoms with Gasteiger partial charge in [0.15, 0.2) is 0 Å². The van der Waals surface area contributed by atoms with Crippen LogP contribution in [0.4, 0.5) is 10.1 Å². The van der Waals surface area contributed by atoms with Crippen LogP contribution in [0, 0.1) is 5.82 Å². The quantitative estimate of drug-likeness (QED) is 0.718. The van der Waals surface area contributed by atoms with Crippen LogP contribution >= 0.6 is 11.3 Å². The van der Waals surface area contributed by atoms with Crippen LogP contribution in [0.15, 0.2) is 42.5 Å². The van der Waals surface area contributed by atoms with E-state index < -0.39 is 0 Å². The molecule has 4 heteroatoms. The molecule has 0 saturated heterocycles. The molecule has 4 rings (SSSR count). The maximum atomic E-state index is 13.2. The van der Waals surface area contributed by atoms with E-state index in [1.54, 1.807) is 17.4 Å². The Morgan fingerprint density at radius 2 is 2.11 bits per heavy atom. The number of fused-ring (bicyclic) bond motifs is 2. The smallest absolute Gasteiger partial charge is 0.125 e. The Labute approximate surface area is 113 Å². The Kier molecular flexibility index (Phi) is 2.32. The zero-order chi connectivity index (χ0) is 12.8. The summed E-state index contributed by atoms with van der Waals surface area (Å²) < 4.78 is 14.2. The topological polar surface area (TPSA) is 24.9 Å². The van der Waals surface area contributed by atoms with Crippen molar-refractivity contribution in [2.24, 2.45) is 0 Å². The molecule has 2 aromatic carbocycles. The van der Waals surface area contributed by atoms with Gasteiger partial charge in [-0.2, -0.15) is 0 Å². The van der Waals surface area contributed by atoms with Crippen molar-refractivity contribution in [1.82, 2.24) is 4.98 Å². The number of para-hydroxylation sites is 1. The lowest BCUT2D eigenvalue weighted by atomic mass is 10.1. The molecule has 19 heavy (non-hydrogen) atoms. The van der Waals surface area contributed by atoms with Crippen molar-refractivity contribution in [1.29, 1.82) is 0 Å². The second kappa shape index (κ2) is 4.03. The SMILES string of the molecule is Fc1ccc2sc(C3Cc4ccccc4N3)nc2c1. The molecule has 0 amide bonds. The summed E-state index contributed by atoms with van der Waals surface area (Å²) in [7, 11) is 0. The number of hydrogen-bond donors (Lipinski definition) is 1. The molecule has 0 radical (unpaired) electrons. The predicted octanol–water partition coefficient (Wildman–Crippen LogP) is 4.14. The molecule has 1 aromatic heterocycles. The molecule has 0 fully saturated rings. The van der Waals surface area contributed by atoms with E-state index in [9.17, 15) is 4.39 Å². The van der Waals surface area contributed by atoms with E-state index in [2.05, 4.69) is 28.5 Å². The van der Waals surface area contributed by atoms with Crippen LogP contribution in [-0.2, 0) is 6.42 Å². The fourth-order valence-electron chi connectivity index (χ4n) is 2.51. The van der Waals surface area contributed by atoms with Crippen molar-refractivity contribution in [3.8, 4) is 0 Å². The van der Waals surface area contributed by atoms with Gasteiger partial charge < -0.3 is 5.32 Å². The van der Waals surface area contributed by atoms with Crippen molar-refractivity contribution in [2.45, 2.75) is 12.5 Å². The first-order chi connectivity index (χ1) is 9.29. The van der Waals surface area contributed by atoms with Crippen LogP contribution < -0.4 is 5.32 Å². The lowest BCUT2D eigenvalue weighted by Crippen LogP contribution is -2.04. The monoisotopic (exact) mass is 270 g/mol. The van der Waals surface area contributed by atoms with E-state index in [-0.39, 0.29) is 11.9 Å². The van der Waals surface area contributed by atoms with Gasteiger partial charge in [-0.3, -0.25) is 0 Å². The maximum absolute atomic E-state index is 13.2. The Bertz CT molecular complexity index is 741. The van der Waals surface area contributed by atoms with Gasteiger partial charge in [0.1, 0.15) is 10.8 Å². The van der Waals surface area contributed by atoms with Gasteiger partial charge in [-0.05, 0) is 23.8 Å². The summed E-state index contributed by atoms with van der Waals surface area (Å²) in [5.41, 5.74) is 3.24. The first kappa shape index (κ1) is 10.9. The largest absolute Gasteiger partial charge is 0.375 e. The van der Waals surface area contributed by atoms with Gasteiger partial charge >= 0.3 is 0 Å². The van der Waals surface area contributed by atoms with Crippen LogP contribution in [-0.4, -0.2) is 4.98 Å². The Morgan fingerprint density at radius 3 is 3.00 bits per heavy atom. The summed E-state index contributed by atoms with van der Waals surface area (Å²) in [6.45, 7) is 0. The van der Waals surface area contributed by atoms with E-state index in [0.717, 1.165) is 21.6 Å². The highest BCUT2D eigenvalue weighted by Gasteiger charge is 2.24. The minimum absolute atomic E-state index is 0.206. The first-order valence-electron chi connectivity index (χ1n) is 6.20. The molecule has 3 aromatic rings. The van der Waals surface area contributed by atoms with Crippen LogP contribution in [0.1, 0.15) is 16.6 Å². The first-order valence-corrected chi connectivity index (χ1v) is 7.02. The zero-order valence-electron chi connectivity index (χ0n) is 10.1. The van der Waals surface area contributed by atoms with Crippen LogP contribution in [0.3, 0.4) is 0 Å². The fourth-order valence-corrected chi connectivity index (χ4v) is 3.51. The number of thiazole rings is 1. The van der Waals surface area contributed by atoms with Gasteiger partial charge in [0.05, 0.1) is 16.3 Å². The molecule has 0 aliphatic carbocycles. The highest BCUT2D eigenvalue weighted by molar-refractivity contribution is 7.18. The standard InChI is InChI=1S/C15H11FN2S/c16-10-5-6-14-12(8-10)18-15(19-14)13-7-9-3-1-2-4-11(9)17-13/h1-6,8,13,17H,7H2.